The first-order valence-electron chi connectivity index (χ1n) is 5.92. The molecule has 2 aromatic carbocycles. The Hall–Kier alpha value is -2.02. The van der Waals surface area contributed by atoms with Gasteiger partial charge >= 0.3 is 6.18 Å². The van der Waals surface area contributed by atoms with Gasteiger partial charge in [-0.3, -0.25) is 0 Å². The molecule has 3 aromatic rings. The normalized spacial score (nSPS) is 12.0. The van der Waals surface area contributed by atoms with Crippen LogP contribution < -0.4 is 0 Å². The van der Waals surface area contributed by atoms with Crippen molar-refractivity contribution < 1.29 is 18.3 Å². The van der Waals surface area contributed by atoms with E-state index in [1.54, 1.807) is 24.3 Å². The molecule has 0 bridgehead atoms. The van der Waals surface area contributed by atoms with E-state index in [4.69, 9.17) is 0 Å². The maximum atomic E-state index is 13.1. The van der Waals surface area contributed by atoms with Gasteiger partial charge in [0.15, 0.2) is 5.69 Å². The van der Waals surface area contributed by atoms with Gasteiger partial charge in [-0.2, -0.15) is 18.3 Å². The van der Waals surface area contributed by atoms with E-state index in [1.165, 1.54) is 22.9 Å². The van der Waals surface area contributed by atoms with Crippen molar-refractivity contribution in [3.05, 3.63) is 52.6 Å². The van der Waals surface area contributed by atoms with E-state index >= 15 is 0 Å². The number of aromatic hydroxyl groups is 1. The Labute approximate surface area is 125 Å². The van der Waals surface area contributed by atoms with Crippen LogP contribution in [0, 0.1) is 0 Å². The Morgan fingerprint density at radius 1 is 1.10 bits per heavy atom. The van der Waals surface area contributed by atoms with E-state index < -0.39 is 17.6 Å². The summed E-state index contributed by atoms with van der Waals surface area (Å²) in [6, 6.07) is 10.9. The Balaban J connectivity index is 2.37. The summed E-state index contributed by atoms with van der Waals surface area (Å²) in [5.74, 6) is -0.443. The molecule has 1 heterocycles. The van der Waals surface area contributed by atoms with Crippen LogP contribution in [-0.4, -0.2) is 14.9 Å². The third-order valence-corrected chi connectivity index (χ3v) is 3.50. The summed E-state index contributed by atoms with van der Waals surface area (Å²) in [5, 5.41) is 13.1. The molecule has 7 heteroatoms. The molecule has 3 nitrogen and oxygen atoms in total. The summed E-state index contributed by atoms with van der Waals surface area (Å²) in [6.45, 7) is 0. The minimum atomic E-state index is -4.64. The Bertz CT molecular complexity index is 827. The largest absolute Gasteiger partial charge is 0.507 e. The molecule has 0 saturated carbocycles. The number of rotatable bonds is 1. The third-order valence-electron chi connectivity index (χ3n) is 3.01. The van der Waals surface area contributed by atoms with Crippen molar-refractivity contribution in [2.24, 2.45) is 0 Å². The van der Waals surface area contributed by atoms with Crippen molar-refractivity contribution in [3.8, 4) is 11.4 Å². The molecule has 0 saturated heterocycles. The second kappa shape index (κ2) is 4.77. The Morgan fingerprint density at radius 3 is 2.48 bits per heavy atom. The molecule has 0 spiro atoms. The third kappa shape index (κ3) is 2.37. The molecule has 0 atom stereocenters. The van der Waals surface area contributed by atoms with Gasteiger partial charge in [-0.05, 0) is 30.3 Å². The van der Waals surface area contributed by atoms with Crippen molar-refractivity contribution in [2.45, 2.75) is 6.18 Å². The predicted molar refractivity (Wildman–Crippen MR) is 75.4 cm³/mol. The first-order chi connectivity index (χ1) is 9.88. The fraction of sp³-hybridized carbons (Fsp3) is 0.0714. The lowest BCUT2D eigenvalue weighted by Gasteiger charge is -2.04. The van der Waals surface area contributed by atoms with Gasteiger partial charge < -0.3 is 5.11 Å². The molecule has 0 unspecified atom stereocenters. The van der Waals surface area contributed by atoms with Gasteiger partial charge in [0.25, 0.3) is 0 Å². The number of alkyl halides is 3. The van der Waals surface area contributed by atoms with Crippen LogP contribution in [0.1, 0.15) is 5.69 Å². The zero-order chi connectivity index (χ0) is 15.2. The highest BCUT2D eigenvalue weighted by Crippen LogP contribution is 2.39. The maximum absolute atomic E-state index is 13.1. The van der Waals surface area contributed by atoms with E-state index in [9.17, 15) is 18.3 Å². The van der Waals surface area contributed by atoms with E-state index in [-0.39, 0.29) is 10.9 Å². The topological polar surface area (TPSA) is 38.1 Å². The molecule has 0 radical (unpaired) electrons. The molecular formula is C14H8BrF3N2O. The highest BCUT2D eigenvalue weighted by molar-refractivity contribution is 9.10. The van der Waals surface area contributed by atoms with Crippen LogP contribution in [0.4, 0.5) is 13.2 Å². The van der Waals surface area contributed by atoms with Crippen LogP contribution in [0.15, 0.2) is 46.9 Å². The molecule has 3 rings (SSSR count). The van der Waals surface area contributed by atoms with Gasteiger partial charge in [0.2, 0.25) is 0 Å². The zero-order valence-electron chi connectivity index (χ0n) is 10.4. The molecular weight excluding hydrogens is 349 g/mol. The van der Waals surface area contributed by atoms with Crippen LogP contribution >= 0.6 is 15.9 Å². The number of aromatic nitrogens is 2. The standard InChI is InChI=1S/C14H8BrF3N2O/c15-8-3-1-4-9(7-8)20-10-5-2-6-11(21)12(10)13(19-20)14(16,17)18/h1-7,21H. The summed E-state index contributed by atoms with van der Waals surface area (Å²) in [5.41, 5.74) is -0.438. The van der Waals surface area contributed by atoms with Crippen LogP contribution in [0.5, 0.6) is 5.75 Å². The average Bonchev–Trinajstić information content (AvgIpc) is 2.79. The van der Waals surface area contributed by atoms with E-state index in [1.807, 2.05) is 0 Å². The van der Waals surface area contributed by atoms with Crippen molar-refractivity contribution in [3.63, 3.8) is 0 Å². The number of hydrogen-bond donors (Lipinski definition) is 1. The SMILES string of the molecule is Oc1cccc2c1c(C(F)(F)F)nn2-c1cccc(Br)c1. The van der Waals surface area contributed by atoms with Crippen LogP contribution in [0.3, 0.4) is 0 Å². The molecule has 108 valence electrons. The number of fused-ring (bicyclic) bond motifs is 1. The predicted octanol–water partition coefficient (Wildman–Crippen LogP) is 4.51. The van der Waals surface area contributed by atoms with Crippen LogP contribution in [0.2, 0.25) is 0 Å². The second-order valence-corrected chi connectivity index (χ2v) is 5.32. The molecule has 0 aliphatic carbocycles. The van der Waals surface area contributed by atoms with Crippen molar-refractivity contribution in [1.82, 2.24) is 9.78 Å². The number of phenols is 1. The molecule has 0 aliphatic rings. The number of nitrogens with zero attached hydrogens (tertiary/aromatic N) is 2. The smallest absolute Gasteiger partial charge is 0.435 e. The van der Waals surface area contributed by atoms with Gasteiger partial charge in [-0.15, -0.1) is 0 Å². The van der Waals surface area contributed by atoms with E-state index in [0.717, 1.165) is 4.47 Å². The first kappa shape index (κ1) is 13.9. The molecule has 1 N–H and O–H groups in total. The lowest BCUT2D eigenvalue weighted by Crippen LogP contribution is -2.07. The van der Waals surface area contributed by atoms with Crippen LogP contribution in [0.25, 0.3) is 16.6 Å². The lowest BCUT2D eigenvalue weighted by atomic mass is 10.2. The van der Waals surface area contributed by atoms with Crippen molar-refractivity contribution in [1.29, 1.82) is 0 Å². The van der Waals surface area contributed by atoms with Gasteiger partial charge in [0.05, 0.1) is 16.6 Å². The number of hydrogen-bond acceptors (Lipinski definition) is 2. The van der Waals surface area contributed by atoms with Gasteiger partial charge in [-0.1, -0.05) is 28.1 Å². The van der Waals surface area contributed by atoms with Crippen molar-refractivity contribution in [2.75, 3.05) is 0 Å². The Kier molecular flexibility index (Phi) is 3.16. The van der Waals surface area contributed by atoms with Crippen molar-refractivity contribution >= 4 is 26.8 Å². The monoisotopic (exact) mass is 356 g/mol. The quantitative estimate of drug-likeness (QED) is 0.696. The fourth-order valence-corrected chi connectivity index (χ4v) is 2.54. The minimum Gasteiger partial charge on any atom is -0.507 e. The zero-order valence-corrected chi connectivity index (χ0v) is 12.0. The van der Waals surface area contributed by atoms with E-state index in [0.29, 0.717) is 5.69 Å². The molecule has 0 aliphatic heterocycles. The van der Waals surface area contributed by atoms with E-state index in [2.05, 4.69) is 21.0 Å². The maximum Gasteiger partial charge on any atom is 0.435 e. The fourth-order valence-electron chi connectivity index (χ4n) is 2.15. The van der Waals surface area contributed by atoms with Crippen LogP contribution in [-0.2, 0) is 6.18 Å². The summed E-state index contributed by atoms with van der Waals surface area (Å²) < 4.78 is 41.2. The minimum absolute atomic E-state index is 0.195. The summed E-state index contributed by atoms with van der Waals surface area (Å²) in [4.78, 5) is 0. The number of phenolic OH excluding ortho intramolecular Hbond substituents is 1. The molecule has 0 fully saturated rings. The Morgan fingerprint density at radius 2 is 1.81 bits per heavy atom. The number of halogens is 4. The van der Waals surface area contributed by atoms with Gasteiger partial charge in [0, 0.05) is 4.47 Å². The summed E-state index contributed by atoms with van der Waals surface area (Å²) in [7, 11) is 0. The number of benzene rings is 2. The van der Waals surface area contributed by atoms with Gasteiger partial charge in [-0.25, -0.2) is 4.68 Å². The molecule has 1 aromatic heterocycles. The summed E-state index contributed by atoms with van der Waals surface area (Å²) in [6.07, 6.45) is -4.64. The summed E-state index contributed by atoms with van der Waals surface area (Å²) >= 11 is 3.27. The molecule has 21 heavy (non-hydrogen) atoms. The first-order valence-corrected chi connectivity index (χ1v) is 6.71. The lowest BCUT2D eigenvalue weighted by molar-refractivity contribution is -0.140. The van der Waals surface area contributed by atoms with Gasteiger partial charge in [0.1, 0.15) is 5.75 Å². The second-order valence-electron chi connectivity index (χ2n) is 4.41. The molecule has 0 amide bonds. The highest BCUT2D eigenvalue weighted by Gasteiger charge is 2.38. The average molecular weight is 357 g/mol. The highest BCUT2D eigenvalue weighted by atomic mass is 79.9.